The minimum atomic E-state index is -0.685. The van der Waals surface area contributed by atoms with Crippen LogP contribution >= 0.6 is 0 Å². The van der Waals surface area contributed by atoms with E-state index in [2.05, 4.69) is 319 Å². The van der Waals surface area contributed by atoms with Crippen molar-refractivity contribution in [1.82, 2.24) is 0 Å². The van der Waals surface area contributed by atoms with Crippen LogP contribution in [0.4, 0.5) is 82.6 Å². The summed E-state index contributed by atoms with van der Waals surface area (Å²) in [5, 5.41) is 0. The van der Waals surface area contributed by atoms with Crippen LogP contribution in [0.1, 0.15) is 137 Å². The Kier molecular flexibility index (Phi) is 28.3. The van der Waals surface area contributed by atoms with Crippen molar-refractivity contribution in [3.05, 3.63) is 375 Å². The van der Waals surface area contributed by atoms with E-state index in [9.17, 15) is 14.4 Å². The van der Waals surface area contributed by atoms with Crippen LogP contribution in [0.5, 0.6) is 0 Å². The largest absolute Gasteiger partial charge is 0.509 e. The fourth-order valence-corrected chi connectivity index (χ4v) is 15.4. The predicted molar refractivity (Wildman–Crippen MR) is 507 cm³/mol. The molecule has 0 bridgehead atoms. The molecular formula is C111H110N4O9. The molecule has 124 heavy (non-hydrogen) atoms. The number of rotatable bonds is 35. The molecule has 0 saturated heterocycles. The van der Waals surface area contributed by atoms with Gasteiger partial charge in [-0.2, -0.15) is 0 Å². The maximum atomic E-state index is 12.8. The molecule has 0 spiro atoms. The molecule has 0 N–H and O–H groups in total. The molecule has 0 aromatic heterocycles. The molecule has 0 heterocycles. The van der Waals surface area contributed by atoms with Gasteiger partial charge in [-0.05, 0) is 298 Å². The summed E-state index contributed by atoms with van der Waals surface area (Å²) < 4.78 is 33.7. The van der Waals surface area contributed by atoms with Gasteiger partial charge in [0.1, 0.15) is 36.6 Å². The van der Waals surface area contributed by atoms with E-state index < -0.39 is 35.3 Å². The number of benzene rings is 14. The van der Waals surface area contributed by atoms with E-state index in [0.29, 0.717) is 0 Å². The fraction of sp³-hybridized carbons (Fsp3) is 0.216. The second-order valence-corrected chi connectivity index (χ2v) is 33.3. The molecule has 0 atom stereocenters. The molecule has 0 aliphatic heterocycles. The van der Waals surface area contributed by atoms with E-state index in [0.717, 1.165) is 198 Å². The highest BCUT2D eigenvalue weighted by Crippen LogP contribution is 2.43. The third-order valence-electron chi connectivity index (χ3n) is 22.4. The third kappa shape index (κ3) is 22.8. The highest BCUT2D eigenvalue weighted by atomic mass is 16.7. The molecule has 628 valence electrons. The van der Waals surface area contributed by atoms with Gasteiger partial charge in [-0.15, -0.1) is 0 Å². The van der Waals surface area contributed by atoms with Gasteiger partial charge in [0.05, 0.1) is 0 Å². The summed E-state index contributed by atoms with van der Waals surface area (Å²) in [7, 11) is 0. The Morgan fingerprint density at radius 1 is 0.210 bits per heavy atom. The van der Waals surface area contributed by atoms with Crippen molar-refractivity contribution >= 4 is 86.7 Å². The molecule has 0 aliphatic carbocycles. The number of para-hydroxylation sites is 3. The van der Waals surface area contributed by atoms with Crippen molar-refractivity contribution in [2.45, 2.75) is 157 Å². The van der Waals surface area contributed by atoms with Gasteiger partial charge in [0.2, 0.25) is 0 Å². The minimum Gasteiger partial charge on any atom is -0.429 e. The van der Waals surface area contributed by atoms with E-state index in [1.165, 1.54) is 0 Å². The number of hydrogen-bond donors (Lipinski definition) is 0. The van der Waals surface area contributed by atoms with Crippen molar-refractivity contribution in [3.8, 4) is 55.6 Å². The molecule has 0 fully saturated rings. The molecule has 14 aromatic carbocycles. The second kappa shape index (κ2) is 40.6. The van der Waals surface area contributed by atoms with Gasteiger partial charge in [-0.25, -0.2) is 14.4 Å². The lowest BCUT2D eigenvalue weighted by Gasteiger charge is -2.26. The van der Waals surface area contributed by atoms with Crippen molar-refractivity contribution in [2.24, 2.45) is 0 Å². The highest BCUT2D eigenvalue weighted by Gasteiger charge is 2.28. The van der Waals surface area contributed by atoms with Crippen LogP contribution in [0.3, 0.4) is 0 Å². The van der Waals surface area contributed by atoms with Gasteiger partial charge in [-0.1, -0.05) is 252 Å². The molecular weight excluding hydrogens is 1530 g/mol. The summed E-state index contributed by atoms with van der Waals surface area (Å²) in [5.41, 5.74) is 23.8. The minimum absolute atomic E-state index is 0.0731. The van der Waals surface area contributed by atoms with E-state index in [4.69, 9.17) is 28.4 Å². The first-order chi connectivity index (χ1) is 60.2. The second-order valence-electron chi connectivity index (χ2n) is 33.3. The number of hydrogen-bond acceptors (Lipinski definition) is 13. The summed E-state index contributed by atoms with van der Waals surface area (Å²) in [6.45, 7) is 18.1. The van der Waals surface area contributed by atoms with E-state index in [1.807, 2.05) is 120 Å². The number of carbonyl (C=O) groups excluding carboxylic acids is 3. The fourth-order valence-electron chi connectivity index (χ4n) is 15.4. The van der Waals surface area contributed by atoms with Crippen LogP contribution in [0.25, 0.3) is 55.6 Å². The van der Waals surface area contributed by atoms with Crippen molar-refractivity contribution in [1.29, 1.82) is 0 Å². The lowest BCUT2D eigenvalue weighted by Crippen LogP contribution is -2.28. The lowest BCUT2D eigenvalue weighted by molar-refractivity contribution is -0.0255. The molecule has 13 nitrogen and oxygen atoms in total. The van der Waals surface area contributed by atoms with Crippen LogP contribution in [0, 0.1) is 0 Å². The van der Waals surface area contributed by atoms with Crippen LogP contribution in [-0.4, -0.2) is 35.3 Å². The summed E-state index contributed by atoms with van der Waals surface area (Å²) in [4.78, 5) is 47.2. The van der Waals surface area contributed by atoms with Gasteiger partial charge >= 0.3 is 18.5 Å². The van der Waals surface area contributed by atoms with Crippen molar-refractivity contribution in [3.63, 3.8) is 0 Å². The van der Waals surface area contributed by atoms with Crippen molar-refractivity contribution < 1.29 is 42.8 Å². The maximum Gasteiger partial charge on any atom is 0.509 e. The van der Waals surface area contributed by atoms with Gasteiger partial charge in [0.25, 0.3) is 0 Å². The number of ether oxygens (including phenoxy) is 6. The van der Waals surface area contributed by atoms with Gasteiger partial charge in [0, 0.05) is 68.2 Å². The number of unbranched alkanes of at least 4 members (excludes halogenated alkanes) is 3. The SMILES string of the molecule is CCCCC(C)(C)OC(=O)OCc1ccc(N(c2ccccc2)c2ccc(-c3ccc(-c4ccc(N(c5ccccc5)c5ccc(-c6ccc(N(c7ccccc7)c7ccc(-c8ccc(-c9ccc(N(c%10ccc(COC(=O)OC(C)(C)CCCC)cc%10)c%10ccc(COC(=O)OC(C)(C)CCCC)cc%10)cc9)cc8)cc7)cc6)cc5)cc4)cc3)cc2)cc1. The summed E-state index contributed by atoms with van der Waals surface area (Å²) in [6.07, 6.45) is 6.22. The molecule has 0 saturated carbocycles. The Bertz CT molecular complexity index is 5660. The van der Waals surface area contributed by atoms with E-state index in [-0.39, 0.29) is 19.8 Å². The number of nitrogens with zero attached hydrogens (tertiary/aromatic N) is 4. The zero-order chi connectivity index (χ0) is 86.4. The molecule has 0 unspecified atom stereocenters. The maximum absolute atomic E-state index is 12.8. The molecule has 0 aliphatic rings. The molecule has 14 rings (SSSR count). The Morgan fingerprint density at radius 3 is 0.516 bits per heavy atom. The third-order valence-corrected chi connectivity index (χ3v) is 22.4. The quantitative estimate of drug-likeness (QED) is 0.0277. The first kappa shape index (κ1) is 86.5. The monoisotopic (exact) mass is 1640 g/mol. The first-order valence-electron chi connectivity index (χ1n) is 43.3. The average Bonchev–Trinajstić information content (AvgIpc) is 0.797. The standard InChI is InChI=1S/C111H110N4O9/c1-10-13-75-109(4,5)122-106(116)119-78-81-31-57-97(58-32-81)112(94-25-19-16-20-26-94)100-63-45-88(46-64-100)84-37-39-85(40-38-84)89-47-65-101(66-48-89)113(95-27-21-17-22-28-95)103-69-53-92(54-70-103)93-55-71-104(72-56-93)114(96-29-23-18-24-30-96)102-67-49-90(50-68-102)86-41-43-87(44-42-86)91-51-73-105(74-52-91)115(98-59-33-82(34-60-98)79-120-107(117)123-110(6,7)76-14-11-2)99-61-35-83(36-62-99)80-121-108(118)124-111(8,9)77-15-12-3/h16-74H,10-15,75-80H2,1-9H3. The predicted octanol–water partition coefficient (Wildman–Crippen LogP) is 31.8. The van der Waals surface area contributed by atoms with Crippen molar-refractivity contribution in [2.75, 3.05) is 19.6 Å². The Balaban J connectivity index is 0.623. The molecule has 13 heteroatoms. The lowest BCUT2D eigenvalue weighted by atomic mass is 9.99. The molecule has 0 radical (unpaired) electrons. The van der Waals surface area contributed by atoms with Gasteiger partial charge in [-0.3, -0.25) is 0 Å². The van der Waals surface area contributed by atoms with E-state index in [1.54, 1.807) is 0 Å². The van der Waals surface area contributed by atoms with Crippen LogP contribution < -0.4 is 19.6 Å². The molecule has 0 amide bonds. The van der Waals surface area contributed by atoms with Crippen LogP contribution in [0.15, 0.2) is 358 Å². The summed E-state index contributed by atoms with van der Waals surface area (Å²) >= 11 is 0. The van der Waals surface area contributed by atoms with Gasteiger partial charge < -0.3 is 48.0 Å². The summed E-state index contributed by atoms with van der Waals surface area (Å²) in [5.74, 6) is 0. The Hall–Kier alpha value is -13.9. The normalized spacial score (nSPS) is 11.4. The topological polar surface area (TPSA) is 120 Å². The number of anilines is 12. The highest BCUT2D eigenvalue weighted by molar-refractivity contribution is 5.86. The van der Waals surface area contributed by atoms with Crippen LogP contribution in [-0.2, 0) is 48.2 Å². The zero-order valence-corrected chi connectivity index (χ0v) is 72.5. The van der Waals surface area contributed by atoms with Gasteiger partial charge in [0.15, 0.2) is 0 Å². The number of carbonyl (C=O) groups is 3. The average molecular weight is 1640 g/mol. The van der Waals surface area contributed by atoms with Crippen LogP contribution in [0.2, 0.25) is 0 Å². The zero-order valence-electron chi connectivity index (χ0n) is 72.5. The van der Waals surface area contributed by atoms with E-state index >= 15 is 0 Å². The molecule has 14 aromatic rings. The summed E-state index contributed by atoms with van der Waals surface area (Å²) in [6, 6.07) is 125. The first-order valence-corrected chi connectivity index (χ1v) is 43.3. The Morgan fingerprint density at radius 2 is 0.355 bits per heavy atom. The smallest absolute Gasteiger partial charge is 0.429 e. The Labute approximate surface area is 731 Å².